The Hall–Kier alpha value is -2.06. The molecule has 0 aromatic heterocycles. The minimum atomic E-state index is -0.404. The van der Waals surface area contributed by atoms with Gasteiger partial charge in [0, 0.05) is 5.56 Å². The Balaban J connectivity index is 2.09. The third kappa shape index (κ3) is 4.96. The van der Waals surface area contributed by atoms with Crippen molar-refractivity contribution in [1.29, 1.82) is 0 Å². The van der Waals surface area contributed by atoms with Crippen LogP contribution in [-0.4, -0.2) is 38.8 Å². The van der Waals surface area contributed by atoms with Crippen LogP contribution in [0.25, 0.3) is 0 Å². The average Bonchev–Trinajstić information content (AvgIpc) is 2.59. The second-order valence-corrected chi connectivity index (χ2v) is 6.46. The zero-order chi connectivity index (χ0) is 18.4. The number of esters is 1. The Morgan fingerprint density at radius 1 is 1.44 bits per heavy atom. The van der Waals surface area contributed by atoms with Crippen LogP contribution in [0.15, 0.2) is 33.9 Å². The summed E-state index contributed by atoms with van der Waals surface area (Å²) in [5, 5.41) is 7.36. The lowest BCUT2D eigenvalue weighted by Gasteiger charge is -2.21. The van der Waals surface area contributed by atoms with E-state index in [9.17, 15) is 9.59 Å². The number of carbonyl (C=O) groups excluding carboxylic acids is 2. The summed E-state index contributed by atoms with van der Waals surface area (Å²) in [5.74, 6) is 0.368. The number of nitrogens with two attached hydrogens (primary N) is 1. The van der Waals surface area contributed by atoms with Crippen molar-refractivity contribution in [2.45, 2.75) is 19.9 Å². The standard InChI is InChI=1S/C17H22BrN3O4/c1-4-25-16(22)12-8-20-17(23)21-14(12)9-19-10(2)11-5-6-15(24-3)13(18)7-11/h5-7,10,19H,4,8-9H2,1-3H3,(H2,20,21,23)/p+1/t10-/m1/s1. The molecule has 1 atom stereocenters. The number of hydrogen-bond donors (Lipinski definition) is 3. The van der Waals surface area contributed by atoms with E-state index in [1.165, 1.54) is 0 Å². The van der Waals surface area contributed by atoms with Gasteiger partial charge in [0.15, 0.2) is 0 Å². The number of rotatable bonds is 7. The number of methoxy groups -OCH3 is 1. The maximum Gasteiger partial charge on any atom is 0.337 e. The third-order valence-corrected chi connectivity index (χ3v) is 4.57. The van der Waals surface area contributed by atoms with E-state index in [1.807, 2.05) is 18.2 Å². The fraction of sp³-hybridized carbons (Fsp3) is 0.412. The highest BCUT2D eigenvalue weighted by Crippen LogP contribution is 2.27. The van der Waals surface area contributed by atoms with Crippen molar-refractivity contribution in [3.63, 3.8) is 0 Å². The summed E-state index contributed by atoms with van der Waals surface area (Å²) in [6.45, 7) is 4.75. The van der Waals surface area contributed by atoms with E-state index in [0.29, 0.717) is 24.4 Å². The van der Waals surface area contributed by atoms with E-state index < -0.39 is 5.97 Å². The smallest absolute Gasteiger partial charge is 0.337 e. The number of benzene rings is 1. The van der Waals surface area contributed by atoms with Gasteiger partial charge in [0.05, 0.1) is 36.0 Å². The van der Waals surface area contributed by atoms with Gasteiger partial charge in [-0.25, -0.2) is 9.59 Å². The van der Waals surface area contributed by atoms with E-state index in [4.69, 9.17) is 9.47 Å². The highest BCUT2D eigenvalue weighted by Gasteiger charge is 2.25. The molecule has 0 fully saturated rings. The predicted octanol–water partition coefficient (Wildman–Crippen LogP) is 1.21. The Morgan fingerprint density at radius 3 is 2.84 bits per heavy atom. The highest BCUT2D eigenvalue weighted by atomic mass is 79.9. The van der Waals surface area contributed by atoms with Crippen LogP contribution in [0.1, 0.15) is 25.5 Å². The van der Waals surface area contributed by atoms with Crippen molar-refractivity contribution in [3.8, 4) is 5.75 Å². The van der Waals surface area contributed by atoms with E-state index in [2.05, 4.69) is 38.8 Å². The van der Waals surface area contributed by atoms with E-state index in [0.717, 1.165) is 15.8 Å². The number of carbonyl (C=O) groups is 2. The summed E-state index contributed by atoms with van der Waals surface area (Å²) < 4.78 is 11.2. The molecule has 1 aliphatic rings. The van der Waals surface area contributed by atoms with Crippen LogP contribution < -0.4 is 20.7 Å². The minimum absolute atomic E-state index is 0.130. The number of ether oxygens (including phenoxy) is 2. The van der Waals surface area contributed by atoms with Crippen LogP contribution in [0.3, 0.4) is 0 Å². The monoisotopic (exact) mass is 412 g/mol. The van der Waals surface area contributed by atoms with Crippen LogP contribution in [0.2, 0.25) is 0 Å². The van der Waals surface area contributed by atoms with Crippen LogP contribution in [0, 0.1) is 0 Å². The lowest BCUT2D eigenvalue weighted by Crippen LogP contribution is -2.86. The number of quaternary nitrogens is 1. The molecule has 1 aromatic carbocycles. The number of amides is 2. The lowest BCUT2D eigenvalue weighted by atomic mass is 10.1. The Labute approximate surface area is 155 Å². The Kier molecular flexibility index (Phi) is 6.83. The summed E-state index contributed by atoms with van der Waals surface area (Å²) in [4.78, 5) is 23.6. The molecule has 2 rings (SSSR count). The third-order valence-electron chi connectivity index (χ3n) is 3.95. The first kappa shape index (κ1) is 19.3. The summed E-state index contributed by atoms with van der Waals surface area (Å²) in [6, 6.07) is 5.72. The number of halogens is 1. The van der Waals surface area contributed by atoms with Gasteiger partial charge >= 0.3 is 12.0 Å². The summed E-state index contributed by atoms with van der Waals surface area (Å²) in [6.07, 6.45) is 0. The number of hydrogen-bond acceptors (Lipinski definition) is 4. The molecule has 136 valence electrons. The first-order valence-electron chi connectivity index (χ1n) is 8.07. The molecule has 1 heterocycles. The quantitative estimate of drug-likeness (QED) is 0.586. The molecule has 2 amide bonds. The molecule has 0 saturated carbocycles. The lowest BCUT2D eigenvalue weighted by molar-refractivity contribution is -0.686. The van der Waals surface area contributed by atoms with Crippen LogP contribution in [-0.2, 0) is 9.53 Å². The molecule has 7 nitrogen and oxygen atoms in total. The molecule has 0 aliphatic carbocycles. The summed E-state index contributed by atoms with van der Waals surface area (Å²) in [7, 11) is 1.62. The number of nitrogens with one attached hydrogen (secondary N) is 2. The largest absolute Gasteiger partial charge is 0.496 e. The molecule has 0 radical (unpaired) electrons. The molecule has 0 spiro atoms. The minimum Gasteiger partial charge on any atom is -0.496 e. The van der Waals surface area contributed by atoms with Crippen molar-refractivity contribution in [2.24, 2.45) is 0 Å². The molecule has 25 heavy (non-hydrogen) atoms. The molecule has 0 bridgehead atoms. The van der Waals surface area contributed by atoms with Gasteiger partial charge in [0.25, 0.3) is 0 Å². The molecular weight excluding hydrogens is 390 g/mol. The molecule has 0 saturated heterocycles. The second-order valence-electron chi connectivity index (χ2n) is 5.61. The molecule has 1 aliphatic heterocycles. The SMILES string of the molecule is CCOC(=O)C1=C(C[NH2+][C@H](C)c2ccc(OC)c(Br)c2)NC(=O)NC1. The van der Waals surface area contributed by atoms with Gasteiger partial charge in [-0.05, 0) is 48.0 Å². The van der Waals surface area contributed by atoms with Gasteiger partial charge in [0.1, 0.15) is 18.3 Å². The molecule has 0 unspecified atom stereocenters. The van der Waals surface area contributed by atoms with Crippen molar-refractivity contribution in [3.05, 3.63) is 39.5 Å². The van der Waals surface area contributed by atoms with Crippen LogP contribution >= 0.6 is 15.9 Å². The van der Waals surface area contributed by atoms with Gasteiger partial charge < -0.3 is 25.4 Å². The zero-order valence-electron chi connectivity index (χ0n) is 14.5. The first-order chi connectivity index (χ1) is 12.0. The molecule has 1 aromatic rings. The van der Waals surface area contributed by atoms with E-state index in [1.54, 1.807) is 14.0 Å². The van der Waals surface area contributed by atoms with Gasteiger partial charge in [-0.2, -0.15) is 0 Å². The molecule has 8 heteroatoms. The van der Waals surface area contributed by atoms with Crippen LogP contribution in [0.4, 0.5) is 4.79 Å². The fourth-order valence-corrected chi connectivity index (χ4v) is 3.07. The van der Waals surface area contributed by atoms with Crippen molar-refractivity contribution >= 4 is 27.9 Å². The van der Waals surface area contributed by atoms with Crippen molar-refractivity contribution in [2.75, 3.05) is 26.8 Å². The van der Waals surface area contributed by atoms with Crippen LogP contribution in [0.5, 0.6) is 5.75 Å². The topological polar surface area (TPSA) is 93.3 Å². The fourth-order valence-electron chi connectivity index (χ4n) is 2.52. The van der Waals surface area contributed by atoms with E-state index in [-0.39, 0.29) is 18.6 Å². The van der Waals surface area contributed by atoms with Gasteiger partial charge in [-0.3, -0.25) is 0 Å². The molecular formula is C17H23BrN3O4+. The van der Waals surface area contributed by atoms with Crippen molar-refractivity contribution in [1.82, 2.24) is 10.6 Å². The Bertz CT molecular complexity index is 690. The summed E-state index contributed by atoms with van der Waals surface area (Å²) in [5.41, 5.74) is 2.15. The van der Waals surface area contributed by atoms with E-state index >= 15 is 0 Å². The Morgan fingerprint density at radius 2 is 2.20 bits per heavy atom. The number of urea groups is 1. The van der Waals surface area contributed by atoms with Crippen molar-refractivity contribution < 1.29 is 24.4 Å². The summed E-state index contributed by atoms with van der Waals surface area (Å²) >= 11 is 3.48. The maximum atomic E-state index is 12.0. The maximum absolute atomic E-state index is 12.0. The predicted molar refractivity (Wildman–Crippen MR) is 96.1 cm³/mol. The van der Waals surface area contributed by atoms with Gasteiger partial charge in [-0.15, -0.1) is 0 Å². The normalized spacial score (nSPS) is 15.3. The second kappa shape index (κ2) is 8.87. The zero-order valence-corrected chi connectivity index (χ0v) is 16.1. The average molecular weight is 413 g/mol. The molecule has 4 N–H and O–H groups in total. The van der Waals surface area contributed by atoms with Gasteiger partial charge in [-0.1, -0.05) is 0 Å². The van der Waals surface area contributed by atoms with Gasteiger partial charge in [0.2, 0.25) is 0 Å². The highest BCUT2D eigenvalue weighted by molar-refractivity contribution is 9.10. The first-order valence-corrected chi connectivity index (χ1v) is 8.86.